The Bertz CT molecular complexity index is 1200. The third kappa shape index (κ3) is 6.29. The molecule has 0 bridgehead atoms. The molecular formula is C18H14N6O6S2. The molecule has 0 aliphatic rings. The number of carbonyl (C=O) groups excluding carboxylic acids is 1. The first-order valence-electron chi connectivity index (χ1n) is 8.77. The highest BCUT2D eigenvalue weighted by Crippen LogP contribution is 2.34. The summed E-state index contributed by atoms with van der Waals surface area (Å²) in [6, 6.07) is 9.52. The fourth-order valence-corrected chi connectivity index (χ4v) is 3.92. The maximum atomic E-state index is 11.9. The summed E-state index contributed by atoms with van der Waals surface area (Å²) in [6.45, 7) is 1.82. The molecule has 1 heterocycles. The number of aromatic nitrogens is 2. The van der Waals surface area contributed by atoms with Crippen LogP contribution in [0.3, 0.4) is 0 Å². The number of hydrogen-bond acceptors (Lipinski definition) is 11. The van der Waals surface area contributed by atoms with Crippen LogP contribution in [-0.4, -0.2) is 37.9 Å². The van der Waals surface area contributed by atoms with Gasteiger partial charge < -0.3 is 4.74 Å². The highest BCUT2D eigenvalue weighted by atomic mass is 32.2. The lowest BCUT2D eigenvalue weighted by Gasteiger charge is -2.07. The predicted molar refractivity (Wildman–Crippen MR) is 117 cm³/mol. The van der Waals surface area contributed by atoms with Gasteiger partial charge in [0.05, 0.1) is 27.9 Å². The molecule has 14 heteroatoms. The minimum Gasteiger partial charge on any atom is -0.450 e. The third-order valence-corrected chi connectivity index (χ3v) is 5.65. The Morgan fingerprint density at radius 2 is 2.03 bits per heavy atom. The Kier molecular flexibility index (Phi) is 7.41. The number of nitro benzene ring substituents is 2. The van der Waals surface area contributed by atoms with Crippen LogP contribution in [0, 0.1) is 27.2 Å². The second-order valence-corrected chi connectivity index (χ2v) is 8.41. The van der Waals surface area contributed by atoms with E-state index in [1.54, 1.807) is 24.3 Å². The first-order chi connectivity index (χ1) is 15.3. The van der Waals surface area contributed by atoms with Crippen LogP contribution in [0.1, 0.15) is 10.6 Å². The summed E-state index contributed by atoms with van der Waals surface area (Å²) < 4.78 is 6.22. The zero-order chi connectivity index (χ0) is 23.1. The summed E-state index contributed by atoms with van der Waals surface area (Å²) in [5.74, 6) is -0.0989. The summed E-state index contributed by atoms with van der Waals surface area (Å²) in [5.41, 5.74) is 2.00. The van der Waals surface area contributed by atoms with Crippen LogP contribution in [0.2, 0.25) is 0 Å². The number of rotatable bonds is 9. The Balaban J connectivity index is 1.62. The van der Waals surface area contributed by atoms with Crippen molar-refractivity contribution in [3.63, 3.8) is 0 Å². The molecule has 3 rings (SSSR count). The summed E-state index contributed by atoms with van der Waals surface area (Å²) >= 11 is 2.64. The van der Waals surface area contributed by atoms with Crippen molar-refractivity contribution >= 4 is 46.6 Å². The number of amides is 1. The van der Waals surface area contributed by atoms with Crippen molar-refractivity contribution in [3.05, 3.63) is 73.3 Å². The van der Waals surface area contributed by atoms with Crippen LogP contribution in [0.5, 0.6) is 11.5 Å². The van der Waals surface area contributed by atoms with Crippen molar-refractivity contribution in [1.82, 2.24) is 15.6 Å². The van der Waals surface area contributed by atoms with Gasteiger partial charge in [0, 0.05) is 6.07 Å². The fraction of sp³-hybridized carbons (Fsp3) is 0.111. The van der Waals surface area contributed by atoms with Crippen LogP contribution in [0.25, 0.3) is 0 Å². The monoisotopic (exact) mass is 474 g/mol. The molecule has 1 amide bonds. The van der Waals surface area contributed by atoms with E-state index in [4.69, 9.17) is 4.74 Å². The standard InChI is InChI=1S/C18H14N6O6S2/c1-11-20-22-18(32-11)31-10-17(25)21-19-9-12-3-2-4-14(7-12)30-16-6-5-13(23(26)27)8-15(16)24(28)29/h2-9H,10H2,1H3,(H,21,25)/b19-9-. The SMILES string of the molecule is Cc1nnc(SCC(=O)N/N=C\c2cccc(Oc3ccc([N+](=O)[O-])cc3[N+](=O)[O-])c2)s1. The Morgan fingerprint density at radius 3 is 2.72 bits per heavy atom. The molecule has 0 fully saturated rings. The van der Waals surface area contributed by atoms with Crippen LogP contribution >= 0.6 is 23.1 Å². The first kappa shape index (κ1) is 22.8. The number of ether oxygens (including phenoxy) is 1. The van der Waals surface area contributed by atoms with E-state index in [0.29, 0.717) is 9.90 Å². The summed E-state index contributed by atoms with van der Waals surface area (Å²) in [7, 11) is 0. The van der Waals surface area contributed by atoms with Gasteiger partial charge in [-0.05, 0) is 30.7 Å². The highest BCUT2D eigenvalue weighted by Gasteiger charge is 2.21. The van der Waals surface area contributed by atoms with Gasteiger partial charge in [-0.1, -0.05) is 35.2 Å². The maximum Gasteiger partial charge on any atom is 0.318 e. The number of non-ortho nitro benzene ring substituents is 1. The van der Waals surface area contributed by atoms with Crippen molar-refractivity contribution in [2.45, 2.75) is 11.3 Å². The van der Waals surface area contributed by atoms with Gasteiger partial charge in [0.25, 0.3) is 11.6 Å². The largest absolute Gasteiger partial charge is 0.450 e. The van der Waals surface area contributed by atoms with Crippen molar-refractivity contribution in [2.24, 2.45) is 5.10 Å². The molecule has 2 aromatic carbocycles. The zero-order valence-electron chi connectivity index (χ0n) is 16.3. The Hall–Kier alpha value is -3.91. The number of nitro groups is 2. The minimum absolute atomic E-state index is 0.124. The molecule has 1 N–H and O–H groups in total. The number of benzene rings is 2. The van der Waals surface area contributed by atoms with Gasteiger partial charge in [-0.25, -0.2) is 5.43 Å². The number of thioether (sulfide) groups is 1. The van der Waals surface area contributed by atoms with E-state index in [1.165, 1.54) is 29.3 Å². The molecule has 32 heavy (non-hydrogen) atoms. The highest BCUT2D eigenvalue weighted by molar-refractivity contribution is 8.01. The molecule has 3 aromatic rings. The van der Waals surface area contributed by atoms with Gasteiger partial charge in [-0.2, -0.15) is 5.10 Å². The fourth-order valence-electron chi connectivity index (χ4n) is 2.31. The molecule has 0 atom stereocenters. The summed E-state index contributed by atoms with van der Waals surface area (Å²) in [5, 5.41) is 34.6. The molecular weight excluding hydrogens is 460 g/mol. The van der Waals surface area contributed by atoms with Crippen molar-refractivity contribution in [1.29, 1.82) is 0 Å². The second kappa shape index (κ2) is 10.4. The average molecular weight is 474 g/mol. The molecule has 0 radical (unpaired) electrons. The van der Waals surface area contributed by atoms with Gasteiger partial charge in [0.2, 0.25) is 5.75 Å². The lowest BCUT2D eigenvalue weighted by Crippen LogP contribution is -2.19. The molecule has 164 valence electrons. The lowest BCUT2D eigenvalue weighted by atomic mass is 10.2. The molecule has 0 unspecified atom stereocenters. The van der Waals surface area contributed by atoms with Gasteiger partial charge in [0.1, 0.15) is 10.8 Å². The molecule has 0 spiro atoms. The second-order valence-electron chi connectivity index (χ2n) is 6.01. The van der Waals surface area contributed by atoms with E-state index >= 15 is 0 Å². The minimum atomic E-state index is -0.760. The molecule has 12 nitrogen and oxygen atoms in total. The van der Waals surface area contributed by atoms with E-state index in [2.05, 4.69) is 20.7 Å². The van der Waals surface area contributed by atoms with E-state index < -0.39 is 21.2 Å². The van der Waals surface area contributed by atoms with Gasteiger partial charge in [-0.15, -0.1) is 10.2 Å². The van der Waals surface area contributed by atoms with Gasteiger partial charge in [-0.3, -0.25) is 25.0 Å². The smallest absolute Gasteiger partial charge is 0.318 e. The lowest BCUT2D eigenvalue weighted by molar-refractivity contribution is -0.394. The van der Waals surface area contributed by atoms with Crippen LogP contribution in [0.4, 0.5) is 11.4 Å². The topological polar surface area (TPSA) is 163 Å². The molecule has 0 aliphatic carbocycles. The third-order valence-electron chi connectivity index (χ3n) is 3.67. The van der Waals surface area contributed by atoms with Crippen molar-refractivity contribution in [3.8, 4) is 11.5 Å². The Labute approximate surface area is 188 Å². The van der Waals surface area contributed by atoms with Gasteiger partial charge in [0.15, 0.2) is 4.34 Å². The normalized spacial score (nSPS) is 10.8. The maximum absolute atomic E-state index is 11.9. The average Bonchev–Trinajstić information content (AvgIpc) is 3.17. The predicted octanol–water partition coefficient (Wildman–Crippen LogP) is 3.70. The van der Waals surface area contributed by atoms with Crippen molar-refractivity contribution in [2.75, 3.05) is 5.75 Å². The number of aryl methyl sites for hydroxylation is 1. The molecule has 0 saturated heterocycles. The molecule has 0 aliphatic heterocycles. The van der Waals surface area contributed by atoms with Crippen LogP contribution in [0.15, 0.2) is 51.9 Å². The van der Waals surface area contributed by atoms with Crippen molar-refractivity contribution < 1.29 is 19.4 Å². The number of hydrogen-bond donors (Lipinski definition) is 1. The number of nitrogens with one attached hydrogen (secondary N) is 1. The van der Waals surface area contributed by atoms with E-state index in [-0.39, 0.29) is 23.2 Å². The number of hydrazone groups is 1. The first-order valence-corrected chi connectivity index (χ1v) is 10.6. The molecule has 0 saturated carbocycles. The summed E-state index contributed by atoms with van der Waals surface area (Å²) in [6.07, 6.45) is 1.38. The van der Waals surface area contributed by atoms with E-state index in [0.717, 1.165) is 23.2 Å². The van der Waals surface area contributed by atoms with Crippen LogP contribution in [-0.2, 0) is 4.79 Å². The number of carbonyl (C=O) groups is 1. The Morgan fingerprint density at radius 1 is 1.22 bits per heavy atom. The molecule has 1 aromatic heterocycles. The van der Waals surface area contributed by atoms with Crippen LogP contribution < -0.4 is 10.2 Å². The zero-order valence-corrected chi connectivity index (χ0v) is 18.0. The quantitative estimate of drug-likeness (QED) is 0.211. The van der Waals surface area contributed by atoms with Gasteiger partial charge >= 0.3 is 5.69 Å². The number of nitrogens with zero attached hydrogens (tertiary/aromatic N) is 5. The van der Waals surface area contributed by atoms with E-state index in [1.807, 2.05) is 6.92 Å². The summed E-state index contributed by atoms with van der Waals surface area (Å²) in [4.78, 5) is 32.5. The van der Waals surface area contributed by atoms with E-state index in [9.17, 15) is 25.0 Å².